The molecule has 0 aliphatic rings. The quantitative estimate of drug-likeness (QED) is 0.721. The molecule has 1 atom stereocenters. The Morgan fingerprint density at radius 2 is 1.94 bits per heavy atom. The van der Waals surface area contributed by atoms with Crippen LogP contribution >= 0.6 is 0 Å². The summed E-state index contributed by atoms with van der Waals surface area (Å²) in [5, 5.41) is 9.09. The van der Waals surface area contributed by atoms with E-state index in [-0.39, 0.29) is 18.9 Å². The predicted octanol–water partition coefficient (Wildman–Crippen LogP) is 3.60. The van der Waals surface area contributed by atoms with Gasteiger partial charge in [0, 0.05) is 0 Å². The molecule has 18 heavy (non-hydrogen) atoms. The van der Waals surface area contributed by atoms with Crippen LogP contribution in [0.1, 0.15) is 31.2 Å². The van der Waals surface area contributed by atoms with E-state index in [0.29, 0.717) is 31.2 Å². The molecule has 4 heteroatoms. The minimum Gasteiger partial charge on any atom is -0.481 e. The molecule has 0 bridgehead atoms. The second-order valence-corrected chi connectivity index (χ2v) is 4.37. The largest absolute Gasteiger partial charge is 0.481 e. The van der Waals surface area contributed by atoms with Gasteiger partial charge in [-0.3, -0.25) is 9.18 Å². The van der Waals surface area contributed by atoms with Gasteiger partial charge in [-0.15, -0.1) is 0 Å². The molecule has 0 saturated heterocycles. The van der Waals surface area contributed by atoms with Gasteiger partial charge in [0.15, 0.2) is 0 Å². The number of carbonyl (C=O) groups is 1. The third-order valence-corrected chi connectivity index (χ3v) is 2.96. The Morgan fingerprint density at radius 1 is 1.22 bits per heavy atom. The number of carboxylic acids is 1. The lowest BCUT2D eigenvalue weighted by Crippen LogP contribution is -2.17. The van der Waals surface area contributed by atoms with E-state index in [1.165, 1.54) is 6.07 Å². The Kier molecular flexibility index (Phi) is 6.33. The Balaban J connectivity index is 2.53. The third-order valence-electron chi connectivity index (χ3n) is 2.96. The normalized spacial score (nSPS) is 12.3. The molecule has 0 aliphatic carbocycles. The number of rotatable bonds is 8. The van der Waals surface area contributed by atoms with Gasteiger partial charge in [0.25, 0.3) is 0 Å². The fourth-order valence-corrected chi connectivity index (χ4v) is 1.90. The monoisotopic (exact) mass is 256 g/mol. The molecule has 0 heterocycles. The van der Waals surface area contributed by atoms with Gasteiger partial charge < -0.3 is 5.11 Å². The molecular weight excluding hydrogens is 238 g/mol. The number of halogens is 2. The van der Waals surface area contributed by atoms with Crippen molar-refractivity contribution in [2.45, 2.75) is 32.1 Å². The van der Waals surface area contributed by atoms with Gasteiger partial charge in [-0.1, -0.05) is 31.0 Å². The average molecular weight is 256 g/mol. The number of hydrogen-bond acceptors (Lipinski definition) is 1. The summed E-state index contributed by atoms with van der Waals surface area (Å²) in [6, 6.07) is 6.21. The number of unbranched alkanes of at least 4 members (excludes halogenated alkanes) is 2. The van der Waals surface area contributed by atoms with E-state index >= 15 is 0 Å². The molecule has 2 nitrogen and oxygen atoms in total. The van der Waals surface area contributed by atoms with Crippen molar-refractivity contribution in [2.24, 2.45) is 5.92 Å². The molecule has 100 valence electrons. The van der Waals surface area contributed by atoms with Crippen molar-refractivity contribution < 1.29 is 18.7 Å². The summed E-state index contributed by atoms with van der Waals surface area (Å²) in [5.74, 6) is -1.88. The van der Waals surface area contributed by atoms with Gasteiger partial charge in [-0.05, 0) is 30.9 Å². The van der Waals surface area contributed by atoms with E-state index in [9.17, 15) is 13.6 Å². The summed E-state index contributed by atoms with van der Waals surface area (Å²) in [7, 11) is 0. The van der Waals surface area contributed by atoms with Crippen molar-refractivity contribution in [1.82, 2.24) is 0 Å². The van der Waals surface area contributed by atoms with E-state index in [4.69, 9.17) is 5.11 Å². The Bertz CT molecular complexity index is 380. The van der Waals surface area contributed by atoms with Crippen molar-refractivity contribution in [2.75, 3.05) is 6.67 Å². The summed E-state index contributed by atoms with van der Waals surface area (Å²) >= 11 is 0. The summed E-state index contributed by atoms with van der Waals surface area (Å²) in [5.41, 5.74) is 0.426. The van der Waals surface area contributed by atoms with Gasteiger partial charge >= 0.3 is 5.97 Å². The summed E-state index contributed by atoms with van der Waals surface area (Å²) in [6.45, 7) is -0.370. The highest BCUT2D eigenvalue weighted by atomic mass is 19.1. The Morgan fingerprint density at radius 3 is 2.56 bits per heavy atom. The van der Waals surface area contributed by atoms with E-state index < -0.39 is 11.9 Å². The fourth-order valence-electron chi connectivity index (χ4n) is 1.90. The molecular formula is C14H18F2O2. The maximum atomic E-state index is 13.4. The van der Waals surface area contributed by atoms with Crippen LogP contribution in [0.15, 0.2) is 24.3 Å². The molecule has 0 fully saturated rings. The van der Waals surface area contributed by atoms with E-state index in [2.05, 4.69) is 0 Å². The molecule has 0 radical (unpaired) electrons. The van der Waals surface area contributed by atoms with Gasteiger partial charge in [0.2, 0.25) is 0 Å². The van der Waals surface area contributed by atoms with Crippen molar-refractivity contribution in [1.29, 1.82) is 0 Å². The van der Waals surface area contributed by atoms with Crippen molar-refractivity contribution in [3.05, 3.63) is 35.6 Å². The zero-order valence-electron chi connectivity index (χ0n) is 10.2. The van der Waals surface area contributed by atoms with Crippen LogP contribution in [0.5, 0.6) is 0 Å². The summed E-state index contributed by atoms with van der Waals surface area (Å²) in [6.07, 6.45) is 2.46. The third kappa shape index (κ3) is 4.82. The molecule has 0 saturated carbocycles. The highest BCUT2D eigenvalue weighted by Crippen LogP contribution is 2.18. The minimum atomic E-state index is -0.918. The van der Waals surface area contributed by atoms with Crippen LogP contribution < -0.4 is 0 Å². The van der Waals surface area contributed by atoms with E-state index in [0.717, 1.165) is 0 Å². The fraction of sp³-hybridized carbons (Fsp3) is 0.500. The molecule has 1 N–H and O–H groups in total. The van der Waals surface area contributed by atoms with E-state index in [1.54, 1.807) is 18.2 Å². The Labute approximate surface area is 106 Å². The smallest absolute Gasteiger partial charge is 0.306 e. The van der Waals surface area contributed by atoms with E-state index in [1.807, 2.05) is 0 Å². The average Bonchev–Trinajstić information content (AvgIpc) is 2.35. The first-order valence-electron chi connectivity index (χ1n) is 6.17. The maximum Gasteiger partial charge on any atom is 0.306 e. The molecule has 1 rings (SSSR count). The lowest BCUT2D eigenvalue weighted by Gasteiger charge is -2.12. The zero-order valence-corrected chi connectivity index (χ0v) is 10.2. The number of benzene rings is 1. The first kappa shape index (κ1) is 14.6. The SMILES string of the molecule is O=C(O)C(CCCCCF)Cc1ccccc1F. The first-order valence-corrected chi connectivity index (χ1v) is 6.17. The van der Waals surface area contributed by atoms with Crippen molar-refractivity contribution >= 4 is 5.97 Å². The van der Waals surface area contributed by atoms with Crippen LogP contribution in [0.2, 0.25) is 0 Å². The zero-order chi connectivity index (χ0) is 13.4. The van der Waals surface area contributed by atoms with Crippen LogP contribution in [0.25, 0.3) is 0 Å². The molecule has 1 aromatic rings. The molecule has 0 amide bonds. The molecule has 1 aromatic carbocycles. The lowest BCUT2D eigenvalue weighted by molar-refractivity contribution is -0.142. The Hall–Kier alpha value is -1.45. The molecule has 0 spiro atoms. The number of carboxylic acid groups (broad SMARTS) is 1. The van der Waals surface area contributed by atoms with Gasteiger partial charge in [0.05, 0.1) is 12.6 Å². The summed E-state index contributed by atoms with van der Waals surface area (Å²) < 4.78 is 25.3. The predicted molar refractivity (Wildman–Crippen MR) is 65.7 cm³/mol. The number of aliphatic carboxylic acids is 1. The topological polar surface area (TPSA) is 37.3 Å². The second kappa shape index (κ2) is 7.80. The first-order chi connectivity index (χ1) is 8.65. The van der Waals surface area contributed by atoms with Gasteiger partial charge in [-0.25, -0.2) is 4.39 Å². The highest BCUT2D eigenvalue weighted by Gasteiger charge is 2.18. The second-order valence-electron chi connectivity index (χ2n) is 4.37. The van der Waals surface area contributed by atoms with Crippen LogP contribution in [0.3, 0.4) is 0 Å². The van der Waals surface area contributed by atoms with Gasteiger partial charge in [-0.2, -0.15) is 0 Å². The van der Waals surface area contributed by atoms with Gasteiger partial charge in [0.1, 0.15) is 5.82 Å². The molecule has 0 aliphatic heterocycles. The van der Waals surface area contributed by atoms with Crippen LogP contribution in [0, 0.1) is 11.7 Å². The minimum absolute atomic E-state index is 0.192. The van der Waals surface area contributed by atoms with Crippen molar-refractivity contribution in [3.63, 3.8) is 0 Å². The maximum absolute atomic E-state index is 13.4. The standard InChI is InChI=1S/C14H18F2O2/c15-9-5-1-2-7-12(14(17)18)10-11-6-3-4-8-13(11)16/h3-4,6,8,12H,1-2,5,7,9-10H2,(H,17,18). The molecule has 1 unspecified atom stereocenters. The molecule has 0 aromatic heterocycles. The summed E-state index contributed by atoms with van der Waals surface area (Å²) in [4.78, 5) is 11.1. The van der Waals surface area contributed by atoms with Crippen LogP contribution in [0.4, 0.5) is 8.78 Å². The number of hydrogen-bond donors (Lipinski definition) is 1. The highest BCUT2D eigenvalue weighted by molar-refractivity contribution is 5.70. The van der Waals surface area contributed by atoms with Crippen LogP contribution in [-0.2, 0) is 11.2 Å². The van der Waals surface area contributed by atoms with Crippen LogP contribution in [-0.4, -0.2) is 17.8 Å². The van der Waals surface area contributed by atoms with Crippen molar-refractivity contribution in [3.8, 4) is 0 Å². The number of alkyl halides is 1. The lowest BCUT2D eigenvalue weighted by atomic mass is 9.93.